The van der Waals surface area contributed by atoms with E-state index >= 15 is 0 Å². The molecule has 0 spiro atoms. The first-order valence-corrected chi connectivity index (χ1v) is 8.57. The molecule has 0 aliphatic rings. The summed E-state index contributed by atoms with van der Waals surface area (Å²) in [6, 6.07) is 13.5. The Morgan fingerprint density at radius 2 is 1.33 bits per heavy atom. The minimum Gasteiger partial charge on any atom is -0.295 e. The number of rotatable bonds is 6. The summed E-state index contributed by atoms with van der Waals surface area (Å²) in [5.74, 6) is 0.809. The highest BCUT2D eigenvalue weighted by molar-refractivity contribution is 6.00. The number of hydrogen-bond donors (Lipinski definition) is 0. The van der Waals surface area contributed by atoms with Gasteiger partial charge in [0.15, 0.2) is 11.6 Å². The first-order valence-electron chi connectivity index (χ1n) is 8.57. The van der Waals surface area contributed by atoms with E-state index in [2.05, 4.69) is 39.8 Å². The van der Waals surface area contributed by atoms with E-state index in [4.69, 9.17) is 0 Å². The smallest absolute Gasteiger partial charge is 0.167 e. The molecule has 126 valence electrons. The molecular formula is C22H26O2. The molecule has 2 aromatic carbocycles. The van der Waals surface area contributed by atoms with E-state index in [0.29, 0.717) is 23.8 Å². The van der Waals surface area contributed by atoms with Gasteiger partial charge < -0.3 is 0 Å². The fourth-order valence-corrected chi connectivity index (χ4v) is 3.00. The number of carbonyl (C=O) groups excluding carboxylic acids is 2. The van der Waals surface area contributed by atoms with Crippen LogP contribution in [0, 0.1) is 0 Å². The topological polar surface area (TPSA) is 34.1 Å². The van der Waals surface area contributed by atoms with Crippen molar-refractivity contribution in [3.05, 3.63) is 70.3 Å². The molecule has 0 radical (unpaired) electrons. The Morgan fingerprint density at radius 1 is 0.833 bits per heavy atom. The molecule has 0 aliphatic carbocycles. The van der Waals surface area contributed by atoms with Crippen LogP contribution in [0.5, 0.6) is 0 Å². The minimum absolute atomic E-state index is 0.0418. The monoisotopic (exact) mass is 322 g/mol. The van der Waals surface area contributed by atoms with Gasteiger partial charge >= 0.3 is 0 Å². The average molecular weight is 322 g/mol. The molecule has 0 bridgehead atoms. The van der Waals surface area contributed by atoms with Crippen LogP contribution < -0.4 is 0 Å². The maximum Gasteiger partial charge on any atom is 0.167 e. The van der Waals surface area contributed by atoms with Crippen molar-refractivity contribution >= 4 is 11.6 Å². The lowest BCUT2D eigenvalue weighted by Crippen LogP contribution is -2.12. The number of Topliss-reactive ketones (excluding diaryl/α,β-unsaturated/α-hetero) is 2. The van der Waals surface area contributed by atoms with Gasteiger partial charge in [-0.05, 0) is 35.4 Å². The van der Waals surface area contributed by atoms with Gasteiger partial charge in [0.05, 0.1) is 0 Å². The van der Waals surface area contributed by atoms with Gasteiger partial charge in [-0.3, -0.25) is 9.59 Å². The molecule has 0 N–H and O–H groups in total. The summed E-state index contributed by atoms with van der Waals surface area (Å²) in [6.07, 6.45) is 0.363. The van der Waals surface area contributed by atoms with Gasteiger partial charge in [-0.15, -0.1) is 0 Å². The van der Waals surface area contributed by atoms with Gasteiger partial charge in [-0.25, -0.2) is 0 Å². The Hall–Kier alpha value is -2.22. The van der Waals surface area contributed by atoms with E-state index < -0.39 is 0 Å². The molecule has 2 heteroatoms. The Kier molecular flexibility index (Phi) is 5.71. The van der Waals surface area contributed by atoms with Crippen LogP contribution in [-0.4, -0.2) is 11.6 Å². The van der Waals surface area contributed by atoms with Crippen LogP contribution in [0.25, 0.3) is 0 Å². The van der Waals surface area contributed by atoms with Crippen molar-refractivity contribution in [2.24, 2.45) is 0 Å². The highest BCUT2D eigenvalue weighted by atomic mass is 16.1. The Labute approximate surface area is 144 Å². The normalized spacial score (nSPS) is 11.1. The molecule has 0 unspecified atom stereocenters. The molecule has 0 atom stereocenters. The van der Waals surface area contributed by atoms with Crippen molar-refractivity contribution in [1.82, 2.24) is 0 Å². The van der Waals surface area contributed by atoms with E-state index in [0.717, 1.165) is 22.3 Å². The first kappa shape index (κ1) is 18.1. The summed E-state index contributed by atoms with van der Waals surface area (Å²) in [4.78, 5) is 24.4. The van der Waals surface area contributed by atoms with E-state index in [1.54, 1.807) is 19.1 Å². The second-order valence-corrected chi connectivity index (χ2v) is 6.97. The van der Waals surface area contributed by atoms with Crippen molar-refractivity contribution in [2.45, 2.75) is 52.9 Å². The van der Waals surface area contributed by atoms with Gasteiger partial charge in [0.1, 0.15) is 0 Å². The SMILES string of the molecule is CC(=O)c1ccc(CC(=O)c2c(C(C)C)cccc2C(C)C)cc1. The summed E-state index contributed by atoms with van der Waals surface area (Å²) in [6.45, 7) is 10.0. The maximum absolute atomic E-state index is 13.0. The largest absolute Gasteiger partial charge is 0.295 e. The molecule has 2 nitrogen and oxygen atoms in total. The number of benzene rings is 2. The lowest BCUT2D eigenvalue weighted by Gasteiger charge is -2.18. The van der Waals surface area contributed by atoms with Gasteiger partial charge in [-0.1, -0.05) is 70.2 Å². The predicted octanol–water partition coefficient (Wildman–Crippen LogP) is 5.56. The third kappa shape index (κ3) is 4.00. The molecule has 2 rings (SSSR count). The van der Waals surface area contributed by atoms with Crippen LogP contribution in [0.2, 0.25) is 0 Å². The van der Waals surface area contributed by atoms with E-state index in [1.165, 1.54) is 0 Å². The van der Waals surface area contributed by atoms with Gasteiger partial charge in [0, 0.05) is 17.5 Å². The molecule has 0 saturated heterocycles. The lowest BCUT2D eigenvalue weighted by atomic mass is 9.85. The number of ketones is 2. The lowest BCUT2D eigenvalue weighted by molar-refractivity contribution is 0.0988. The van der Waals surface area contributed by atoms with Gasteiger partial charge in [0.25, 0.3) is 0 Å². The Morgan fingerprint density at radius 3 is 1.75 bits per heavy atom. The van der Waals surface area contributed by atoms with Crippen LogP contribution in [0.1, 0.15) is 83.9 Å². The average Bonchev–Trinajstić information content (AvgIpc) is 2.54. The van der Waals surface area contributed by atoms with Gasteiger partial charge in [0.2, 0.25) is 0 Å². The summed E-state index contributed by atoms with van der Waals surface area (Å²) in [5.41, 5.74) is 4.73. The molecule has 0 amide bonds. The molecule has 0 fully saturated rings. The quantitative estimate of drug-likeness (QED) is 0.652. The fourth-order valence-electron chi connectivity index (χ4n) is 3.00. The third-order valence-corrected chi connectivity index (χ3v) is 4.38. The van der Waals surface area contributed by atoms with E-state index in [1.807, 2.05) is 18.2 Å². The van der Waals surface area contributed by atoms with Crippen molar-refractivity contribution in [2.75, 3.05) is 0 Å². The summed E-state index contributed by atoms with van der Waals surface area (Å²) in [7, 11) is 0. The van der Waals surface area contributed by atoms with Crippen LogP contribution in [0.3, 0.4) is 0 Å². The summed E-state index contributed by atoms with van der Waals surface area (Å²) >= 11 is 0. The van der Waals surface area contributed by atoms with Crippen LogP contribution in [-0.2, 0) is 6.42 Å². The molecule has 0 saturated carbocycles. The van der Waals surface area contributed by atoms with Gasteiger partial charge in [-0.2, -0.15) is 0 Å². The molecular weight excluding hydrogens is 296 g/mol. The fraction of sp³-hybridized carbons (Fsp3) is 0.364. The summed E-state index contributed by atoms with van der Waals surface area (Å²) in [5, 5.41) is 0. The van der Waals surface area contributed by atoms with Crippen LogP contribution in [0.15, 0.2) is 42.5 Å². The van der Waals surface area contributed by atoms with E-state index in [-0.39, 0.29) is 11.6 Å². The highest BCUT2D eigenvalue weighted by Crippen LogP contribution is 2.29. The molecule has 0 heterocycles. The minimum atomic E-state index is 0.0418. The zero-order valence-electron chi connectivity index (χ0n) is 15.2. The molecule has 0 aromatic heterocycles. The van der Waals surface area contributed by atoms with Crippen molar-refractivity contribution < 1.29 is 9.59 Å². The van der Waals surface area contributed by atoms with Crippen LogP contribution in [0.4, 0.5) is 0 Å². The maximum atomic E-state index is 13.0. The van der Waals surface area contributed by atoms with Crippen LogP contribution >= 0.6 is 0 Å². The Balaban J connectivity index is 2.36. The first-order chi connectivity index (χ1) is 11.3. The van der Waals surface area contributed by atoms with Crippen molar-refractivity contribution in [3.63, 3.8) is 0 Å². The second-order valence-electron chi connectivity index (χ2n) is 6.97. The van der Waals surface area contributed by atoms with Crippen molar-refractivity contribution in [1.29, 1.82) is 0 Å². The molecule has 0 aliphatic heterocycles. The van der Waals surface area contributed by atoms with Crippen molar-refractivity contribution in [3.8, 4) is 0 Å². The molecule has 24 heavy (non-hydrogen) atoms. The predicted molar refractivity (Wildman–Crippen MR) is 99.1 cm³/mol. The van der Waals surface area contributed by atoms with E-state index in [9.17, 15) is 9.59 Å². The zero-order chi connectivity index (χ0) is 17.9. The summed E-state index contributed by atoms with van der Waals surface area (Å²) < 4.78 is 0. The Bertz CT molecular complexity index is 711. The third-order valence-electron chi connectivity index (χ3n) is 4.38. The second kappa shape index (κ2) is 7.57. The number of carbonyl (C=O) groups is 2. The zero-order valence-corrected chi connectivity index (χ0v) is 15.2. The standard InChI is InChI=1S/C22H26O2/c1-14(2)19-7-6-8-20(15(3)4)22(19)21(24)13-17-9-11-18(12-10-17)16(5)23/h6-12,14-15H,13H2,1-5H3. The highest BCUT2D eigenvalue weighted by Gasteiger charge is 2.20. The number of hydrogen-bond acceptors (Lipinski definition) is 2. The molecule has 2 aromatic rings.